The van der Waals surface area contributed by atoms with Crippen LogP contribution >= 0.6 is 0 Å². The second-order valence-electron chi connectivity index (χ2n) is 5.36. The third kappa shape index (κ3) is 3.63. The summed E-state index contributed by atoms with van der Waals surface area (Å²) in [5, 5.41) is 19.8. The number of benzene rings is 2. The minimum absolute atomic E-state index is 0.000193. The molecular weight excluding hydrogens is 330 g/mol. The van der Waals surface area contributed by atoms with Crippen LogP contribution in [0.3, 0.4) is 0 Å². The van der Waals surface area contributed by atoms with E-state index < -0.39 is 5.09 Å². The Labute approximate surface area is 141 Å². The average Bonchev–Trinajstić information content (AvgIpc) is 2.57. The van der Waals surface area contributed by atoms with Crippen LogP contribution in [0.1, 0.15) is 12.8 Å². The number of nitrogens with zero attached hydrogens (tertiary/aromatic N) is 1. The van der Waals surface area contributed by atoms with Crippen molar-refractivity contribution < 1.29 is 24.2 Å². The number of rotatable bonds is 7. The highest BCUT2D eigenvalue weighted by Crippen LogP contribution is 2.30. The molecule has 0 saturated heterocycles. The number of phenols is 1. The number of unbranched alkanes of at least 4 members (excludes halogenated alkanes) is 1. The van der Waals surface area contributed by atoms with Crippen molar-refractivity contribution in [3.05, 3.63) is 56.7 Å². The fraction of sp³-hybridized carbons (Fsp3) is 0.235. The zero-order valence-corrected chi connectivity index (χ0v) is 13.1. The van der Waals surface area contributed by atoms with Crippen molar-refractivity contribution in [2.45, 2.75) is 12.8 Å². The molecule has 0 bridgehead atoms. The molecule has 0 spiro atoms. The Morgan fingerprint density at radius 1 is 1.12 bits per heavy atom. The van der Waals surface area contributed by atoms with Crippen molar-refractivity contribution in [2.24, 2.45) is 0 Å². The smallest absolute Gasteiger partial charge is 0.294 e. The highest BCUT2D eigenvalue weighted by molar-refractivity contribution is 5.93. The predicted octanol–water partition coefficient (Wildman–Crippen LogP) is 3.02. The monoisotopic (exact) mass is 345 g/mol. The lowest BCUT2D eigenvalue weighted by Gasteiger charge is -2.09. The Morgan fingerprint density at radius 2 is 1.88 bits per heavy atom. The quantitative estimate of drug-likeness (QED) is 0.303. The minimum atomic E-state index is -0.839. The summed E-state index contributed by atoms with van der Waals surface area (Å²) in [6.07, 6.45) is 0.995. The van der Waals surface area contributed by atoms with E-state index in [-0.39, 0.29) is 35.4 Å². The van der Waals surface area contributed by atoms with Crippen molar-refractivity contribution in [2.75, 3.05) is 13.2 Å². The largest absolute Gasteiger partial charge is 0.507 e. The molecule has 0 aliphatic heterocycles. The first kappa shape index (κ1) is 16.6. The molecule has 25 heavy (non-hydrogen) atoms. The van der Waals surface area contributed by atoms with Gasteiger partial charge in [-0.05, 0) is 25.0 Å². The van der Waals surface area contributed by atoms with Gasteiger partial charge in [0.25, 0.3) is 5.09 Å². The number of phenolic OH excluding ortho intramolecular Hbond substituents is 1. The van der Waals surface area contributed by atoms with Gasteiger partial charge in [-0.2, -0.15) is 0 Å². The second kappa shape index (κ2) is 7.08. The molecule has 1 N–H and O–H groups in total. The van der Waals surface area contributed by atoms with Crippen LogP contribution in [0.4, 0.5) is 0 Å². The first-order valence-corrected chi connectivity index (χ1v) is 7.65. The maximum Gasteiger partial charge on any atom is 0.294 e. The average molecular weight is 345 g/mol. The van der Waals surface area contributed by atoms with E-state index in [4.69, 9.17) is 9.15 Å². The Kier molecular flexibility index (Phi) is 4.69. The van der Waals surface area contributed by atoms with Crippen LogP contribution in [-0.4, -0.2) is 23.4 Å². The molecule has 3 rings (SSSR count). The number of para-hydroxylation sites is 1. The fourth-order valence-electron chi connectivity index (χ4n) is 2.50. The Balaban J connectivity index is 1.78. The molecule has 0 aliphatic carbocycles. The van der Waals surface area contributed by atoms with E-state index in [0.717, 1.165) is 0 Å². The van der Waals surface area contributed by atoms with Crippen LogP contribution in [0, 0.1) is 10.1 Å². The van der Waals surface area contributed by atoms with Crippen molar-refractivity contribution in [3.63, 3.8) is 0 Å². The second-order valence-corrected chi connectivity index (χ2v) is 5.36. The molecule has 3 aromatic rings. The van der Waals surface area contributed by atoms with Gasteiger partial charge in [0.15, 0.2) is 0 Å². The molecule has 1 heterocycles. The fourth-order valence-corrected chi connectivity index (χ4v) is 2.50. The van der Waals surface area contributed by atoms with Gasteiger partial charge in [0.2, 0.25) is 5.43 Å². The van der Waals surface area contributed by atoms with Gasteiger partial charge in [-0.1, -0.05) is 12.1 Å². The van der Waals surface area contributed by atoms with Crippen LogP contribution in [-0.2, 0) is 4.84 Å². The molecular formula is C17H15NO7. The number of fused-ring (bicyclic) bond motifs is 2. The summed E-state index contributed by atoms with van der Waals surface area (Å²) in [5.74, 6) is 0.127. The molecule has 0 atom stereocenters. The highest BCUT2D eigenvalue weighted by Gasteiger charge is 2.13. The van der Waals surface area contributed by atoms with E-state index in [1.54, 1.807) is 24.3 Å². The molecule has 0 fully saturated rings. The first-order chi connectivity index (χ1) is 12.1. The molecule has 130 valence electrons. The lowest BCUT2D eigenvalue weighted by Crippen LogP contribution is -2.05. The van der Waals surface area contributed by atoms with Crippen molar-refractivity contribution in [3.8, 4) is 11.5 Å². The maximum absolute atomic E-state index is 12.5. The van der Waals surface area contributed by atoms with Gasteiger partial charge in [-0.25, -0.2) is 0 Å². The Hall–Kier alpha value is -3.29. The molecule has 0 unspecified atom stereocenters. The van der Waals surface area contributed by atoms with Crippen LogP contribution in [0.15, 0.2) is 45.6 Å². The predicted molar refractivity (Wildman–Crippen MR) is 89.3 cm³/mol. The van der Waals surface area contributed by atoms with E-state index in [1.807, 2.05) is 0 Å². The summed E-state index contributed by atoms with van der Waals surface area (Å²) in [4.78, 5) is 26.7. The van der Waals surface area contributed by atoms with Gasteiger partial charge in [0, 0.05) is 12.1 Å². The lowest BCUT2D eigenvalue weighted by atomic mass is 10.1. The number of ether oxygens (including phenoxy) is 1. The van der Waals surface area contributed by atoms with Gasteiger partial charge in [0.05, 0.1) is 18.6 Å². The summed E-state index contributed by atoms with van der Waals surface area (Å²) in [7, 11) is 0. The van der Waals surface area contributed by atoms with Gasteiger partial charge < -0.3 is 19.1 Å². The zero-order chi connectivity index (χ0) is 17.8. The molecule has 0 amide bonds. The Morgan fingerprint density at radius 3 is 2.68 bits per heavy atom. The maximum atomic E-state index is 12.5. The van der Waals surface area contributed by atoms with Crippen molar-refractivity contribution >= 4 is 21.9 Å². The third-order valence-corrected chi connectivity index (χ3v) is 3.64. The summed E-state index contributed by atoms with van der Waals surface area (Å²) in [6, 6.07) is 9.68. The van der Waals surface area contributed by atoms with E-state index in [1.165, 1.54) is 12.1 Å². The van der Waals surface area contributed by atoms with Gasteiger partial charge in [-0.15, -0.1) is 10.1 Å². The highest BCUT2D eigenvalue weighted by atomic mass is 16.9. The molecule has 0 saturated carbocycles. The van der Waals surface area contributed by atoms with Crippen LogP contribution in [0.2, 0.25) is 0 Å². The van der Waals surface area contributed by atoms with Crippen molar-refractivity contribution in [1.82, 2.24) is 0 Å². The topological polar surface area (TPSA) is 112 Å². The lowest BCUT2D eigenvalue weighted by molar-refractivity contribution is -0.757. The number of aromatic hydroxyl groups is 1. The summed E-state index contributed by atoms with van der Waals surface area (Å²) in [5.41, 5.74) is 0.349. The van der Waals surface area contributed by atoms with Crippen LogP contribution in [0.5, 0.6) is 11.5 Å². The molecule has 8 heteroatoms. The standard InChI is InChI=1S/C17H15NO7/c19-13-9-11(23-7-3-4-8-24-18(21)22)10-15-16(13)17(20)12-5-1-2-6-14(12)25-15/h1-2,5-6,9-10,19H,3-4,7-8H2. The van der Waals surface area contributed by atoms with Gasteiger partial charge in [0.1, 0.15) is 28.1 Å². The van der Waals surface area contributed by atoms with Crippen LogP contribution in [0.25, 0.3) is 21.9 Å². The molecule has 1 aromatic heterocycles. The molecule has 0 radical (unpaired) electrons. The zero-order valence-electron chi connectivity index (χ0n) is 13.1. The van der Waals surface area contributed by atoms with Crippen molar-refractivity contribution in [1.29, 1.82) is 0 Å². The normalized spacial score (nSPS) is 10.9. The first-order valence-electron chi connectivity index (χ1n) is 7.65. The summed E-state index contributed by atoms with van der Waals surface area (Å²) >= 11 is 0. The Bertz CT molecular complexity index is 980. The van der Waals surface area contributed by atoms with Gasteiger partial charge >= 0.3 is 0 Å². The summed E-state index contributed by atoms with van der Waals surface area (Å²) < 4.78 is 11.2. The number of hydrogen-bond acceptors (Lipinski definition) is 7. The van der Waals surface area contributed by atoms with Crippen LogP contribution < -0.4 is 10.2 Å². The minimum Gasteiger partial charge on any atom is -0.507 e. The number of hydrogen-bond donors (Lipinski definition) is 1. The molecule has 2 aromatic carbocycles. The van der Waals surface area contributed by atoms with Gasteiger partial charge in [-0.3, -0.25) is 4.79 Å². The molecule has 8 nitrogen and oxygen atoms in total. The van der Waals surface area contributed by atoms with E-state index in [0.29, 0.717) is 29.6 Å². The SMILES string of the molecule is O=c1c2ccccc2oc2cc(OCCCCO[N+](=O)[O-])cc(O)c12. The van der Waals surface area contributed by atoms with E-state index in [2.05, 4.69) is 4.84 Å². The van der Waals surface area contributed by atoms with E-state index in [9.17, 15) is 20.0 Å². The summed E-state index contributed by atoms with van der Waals surface area (Å²) in [6.45, 7) is 0.282. The molecule has 0 aliphatic rings. The van der Waals surface area contributed by atoms with E-state index >= 15 is 0 Å². The third-order valence-electron chi connectivity index (χ3n) is 3.64.